The van der Waals surface area contributed by atoms with Crippen LogP contribution in [0, 0.1) is 0 Å². The second-order valence-electron chi connectivity index (χ2n) is 3.69. The Morgan fingerprint density at radius 2 is 1.84 bits per heavy atom. The van der Waals surface area contributed by atoms with Crippen molar-refractivity contribution >= 4 is 16.7 Å². The van der Waals surface area contributed by atoms with Gasteiger partial charge in [-0.3, -0.25) is 0 Å². The normalized spacial score (nSPS) is 10.4. The third-order valence-electron chi connectivity index (χ3n) is 2.21. The zero-order valence-electron chi connectivity index (χ0n) is 12.2. The van der Waals surface area contributed by atoms with Crippen molar-refractivity contribution in [1.82, 2.24) is 0 Å². The summed E-state index contributed by atoms with van der Waals surface area (Å²) < 4.78 is 4.54. The second-order valence-corrected chi connectivity index (χ2v) is 4.86. The molecule has 0 aliphatic rings. The van der Waals surface area contributed by atoms with Crippen LogP contribution in [0.5, 0.6) is 0 Å². The highest BCUT2D eigenvalue weighted by Gasteiger charge is 2.01. The molecule has 0 fully saturated rings. The molecule has 0 aliphatic carbocycles. The minimum atomic E-state index is 0.819. The van der Waals surface area contributed by atoms with Crippen molar-refractivity contribution in [3.05, 3.63) is 66.1 Å². The van der Waals surface area contributed by atoms with Crippen LogP contribution in [0.25, 0.3) is 4.91 Å². The van der Waals surface area contributed by atoms with Crippen molar-refractivity contribution in [3.8, 4) is 0 Å². The Balaban J connectivity index is 0.000000711. The third-order valence-corrected chi connectivity index (χ3v) is 3.26. The van der Waals surface area contributed by atoms with Crippen molar-refractivity contribution < 1.29 is 4.74 Å². The Hall–Kier alpha value is -1.25. The molecule has 0 amide bonds. The predicted octanol–water partition coefficient (Wildman–Crippen LogP) is 5.52. The zero-order valence-corrected chi connectivity index (χ0v) is 13.0. The molecule has 0 bridgehead atoms. The molecule has 1 aromatic rings. The molecule has 2 heteroatoms. The number of methoxy groups -OCH3 is 1. The first-order chi connectivity index (χ1) is 9.19. The maximum absolute atomic E-state index is 4.54. The van der Waals surface area contributed by atoms with Gasteiger partial charge in [0.25, 0.3) is 0 Å². The lowest BCUT2D eigenvalue weighted by Gasteiger charge is -2.06. The Morgan fingerprint density at radius 3 is 2.26 bits per heavy atom. The van der Waals surface area contributed by atoms with Crippen LogP contribution in [0.2, 0.25) is 0 Å². The average Bonchev–Trinajstić information content (AvgIpc) is 2.47. The van der Waals surface area contributed by atoms with E-state index in [-0.39, 0.29) is 0 Å². The van der Waals surface area contributed by atoms with Gasteiger partial charge in [-0.1, -0.05) is 74.3 Å². The minimum absolute atomic E-state index is 0.819. The molecule has 0 spiro atoms. The van der Waals surface area contributed by atoms with Crippen LogP contribution in [-0.2, 0) is 4.74 Å². The highest BCUT2D eigenvalue weighted by Crippen LogP contribution is 2.33. The van der Waals surface area contributed by atoms with E-state index in [1.807, 2.05) is 13.0 Å². The molecule has 0 saturated carbocycles. The van der Waals surface area contributed by atoms with Gasteiger partial charge in [0.15, 0.2) is 0 Å². The van der Waals surface area contributed by atoms with Crippen LogP contribution < -0.4 is 0 Å². The summed E-state index contributed by atoms with van der Waals surface area (Å²) in [5, 5.41) is 0. The van der Waals surface area contributed by atoms with Crippen molar-refractivity contribution in [1.29, 1.82) is 0 Å². The largest absolute Gasteiger partial charge is 0.385 e. The van der Waals surface area contributed by atoms with Gasteiger partial charge in [-0.25, -0.2) is 0 Å². The lowest BCUT2D eigenvalue weighted by atomic mass is 10.2. The van der Waals surface area contributed by atoms with E-state index >= 15 is 0 Å². The Labute approximate surface area is 122 Å². The molecule has 1 nitrogen and oxygen atoms in total. The number of benzene rings is 1. The van der Waals surface area contributed by atoms with E-state index in [1.54, 1.807) is 24.9 Å². The first-order valence-corrected chi connectivity index (χ1v) is 7.24. The molecule has 0 N–H and O–H groups in total. The van der Waals surface area contributed by atoms with Gasteiger partial charge in [0, 0.05) is 23.5 Å². The van der Waals surface area contributed by atoms with E-state index in [0.29, 0.717) is 0 Å². The Kier molecular flexibility index (Phi) is 11.0. The molecule has 104 valence electrons. The smallest absolute Gasteiger partial charge is 0.0433 e. The highest BCUT2D eigenvalue weighted by atomic mass is 32.2. The van der Waals surface area contributed by atoms with Gasteiger partial charge in [-0.15, -0.1) is 0 Å². The van der Waals surface area contributed by atoms with Crippen LogP contribution in [0.15, 0.2) is 60.5 Å². The maximum atomic E-state index is 4.54. The molecule has 0 heterocycles. The molecular weight excluding hydrogens is 252 g/mol. The van der Waals surface area contributed by atoms with Crippen LogP contribution >= 0.6 is 11.8 Å². The summed E-state index contributed by atoms with van der Waals surface area (Å²) in [6.07, 6.45) is 5.04. The number of hydrogen-bond donors (Lipinski definition) is 0. The standard InChI is InChI=1S/C14H16S.C3H8O/c1-4-9-14(15-12(3)5-2)13-10-7-6-8-11-13;1-3-4-2/h5-11H,2-4H2,1H3;3H2,1-2H3/b14-9-;. The number of ether oxygens (including phenoxy) is 1. The van der Waals surface area contributed by atoms with Gasteiger partial charge >= 0.3 is 0 Å². The van der Waals surface area contributed by atoms with Gasteiger partial charge < -0.3 is 4.74 Å². The van der Waals surface area contributed by atoms with E-state index in [2.05, 4.69) is 55.2 Å². The number of hydrogen-bond acceptors (Lipinski definition) is 2. The van der Waals surface area contributed by atoms with Crippen molar-refractivity contribution in [2.24, 2.45) is 0 Å². The fourth-order valence-electron chi connectivity index (χ4n) is 1.19. The van der Waals surface area contributed by atoms with E-state index < -0.39 is 0 Å². The molecule has 19 heavy (non-hydrogen) atoms. The fraction of sp³-hybridized carbons (Fsp3) is 0.294. The van der Waals surface area contributed by atoms with Gasteiger partial charge in [0.05, 0.1) is 0 Å². The van der Waals surface area contributed by atoms with Crippen LogP contribution in [-0.4, -0.2) is 13.7 Å². The summed E-state index contributed by atoms with van der Waals surface area (Å²) in [6.45, 7) is 12.6. The van der Waals surface area contributed by atoms with Crippen LogP contribution in [0.3, 0.4) is 0 Å². The van der Waals surface area contributed by atoms with E-state index in [0.717, 1.165) is 17.9 Å². The summed E-state index contributed by atoms with van der Waals surface area (Å²) in [7, 11) is 1.68. The lowest BCUT2D eigenvalue weighted by Crippen LogP contribution is -1.79. The molecule has 0 saturated heterocycles. The summed E-state index contributed by atoms with van der Waals surface area (Å²) in [5.41, 5.74) is 1.24. The molecular formula is C17H24OS. The molecule has 1 aromatic carbocycles. The number of thioether (sulfide) groups is 1. The molecule has 0 unspecified atom stereocenters. The zero-order chi connectivity index (χ0) is 14.5. The van der Waals surface area contributed by atoms with Gasteiger partial charge in [0.2, 0.25) is 0 Å². The Morgan fingerprint density at radius 1 is 1.26 bits per heavy atom. The summed E-state index contributed by atoms with van der Waals surface area (Å²) in [4.78, 5) is 2.24. The monoisotopic (exact) mass is 276 g/mol. The van der Waals surface area contributed by atoms with Crippen LogP contribution in [0.4, 0.5) is 0 Å². The highest BCUT2D eigenvalue weighted by molar-refractivity contribution is 8.11. The van der Waals surface area contributed by atoms with E-state index in [1.165, 1.54) is 10.5 Å². The summed E-state index contributed by atoms with van der Waals surface area (Å²) in [5.74, 6) is 0. The van der Waals surface area contributed by atoms with Gasteiger partial charge in [-0.2, -0.15) is 0 Å². The summed E-state index contributed by atoms with van der Waals surface area (Å²) in [6, 6.07) is 10.4. The van der Waals surface area contributed by atoms with E-state index in [9.17, 15) is 0 Å². The maximum Gasteiger partial charge on any atom is 0.0433 e. The lowest BCUT2D eigenvalue weighted by molar-refractivity contribution is 0.215. The predicted molar refractivity (Wildman–Crippen MR) is 89.2 cm³/mol. The van der Waals surface area contributed by atoms with Crippen LogP contribution in [0.1, 0.15) is 25.8 Å². The molecule has 1 rings (SSSR count). The third kappa shape index (κ3) is 8.46. The van der Waals surface area contributed by atoms with Gasteiger partial charge in [0.1, 0.15) is 0 Å². The second kappa shape index (κ2) is 11.8. The molecule has 0 radical (unpaired) electrons. The summed E-state index contributed by atoms with van der Waals surface area (Å²) >= 11 is 1.67. The van der Waals surface area contributed by atoms with Crippen molar-refractivity contribution in [2.45, 2.75) is 20.3 Å². The topological polar surface area (TPSA) is 9.23 Å². The number of rotatable bonds is 6. The molecule has 0 aliphatic heterocycles. The molecule has 0 aromatic heterocycles. The molecule has 0 atom stereocenters. The minimum Gasteiger partial charge on any atom is -0.385 e. The fourth-order valence-corrected chi connectivity index (χ4v) is 2.06. The average molecular weight is 276 g/mol. The Bertz CT molecular complexity index is 391. The quantitative estimate of drug-likeness (QED) is 0.632. The number of allylic oxidation sites excluding steroid dienone is 2. The van der Waals surface area contributed by atoms with E-state index in [4.69, 9.17) is 0 Å². The SMILES string of the molecule is C=CC(=C)S/C(=C\CC)c1ccccc1.CCOC. The van der Waals surface area contributed by atoms with Gasteiger partial charge in [-0.05, 0) is 18.9 Å². The van der Waals surface area contributed by atoms with Crippen molar-refractivity contribution in [3.63, 3.8) is 0 Å². The first kappa shape index (κ1) is 17.8. The van der Waals surface area contributed by atoms with Crippen molar-refractivity contribution in [2.75, 3.05) is 13.7 Å². The first-order valence-electron chi connectivity index (χ1n) is 6.43.